The fourth-order valence-electron chi connectivity index (χ4n) is 2.42. The molecule has 3 rings (SSSR count). The highest BCUT2D eigenvalue weighted by molar-refractivity contribution is 5.57. The SMILES string of the molecule is CC1CN(c2ccc3c(c2)OCO3)CCCN1. The van der Waals surface area contributed by atoms with E-state index in [1.54, 1.807) is 0 Å². The van der Waals surface area contributed by atoms with E-state index in [9.17, 15) is 0 Å². The highest BCUT2D eigenvalue weighted by Crippen LogP contribution is 2.35. The van der Waals surface area contributed by atoms with Crippen LogP contribution in [0, 0.1) is 0 Å². The van der Waals surface area contributed by atoms with Gasteiger partial charge >= 0.3 is 0 Å². The van der Waals surface area contributed by atoms with Crippen molar-refractivity contribution in [2.24, 2.45) is 0 Å². The summed E-state index contributed by atoms with van der Waals surface area (Å²) < 4.78 is 10.8. The number of ether oxygens (including phenoxy) is 2. The summed E-state index contributed by atoms with van der Waals surface area (Å²) in [5.41, 5.74) is 1.23. The monoisotopic (exact) mass is 234 g/mol. The lowest BCUT2D eigenvalue weighted by atomic mass is 10.2. The summed E-state index contributed by atoms with van der Waals surface area (Å²) in [6.07, 6.45) is 1.18. The van der Waals surface area contributed by atoms with Gasteiger partial charge in [-0.2, -0.15) is 0 Å². The van der Waals surface area contributed by atoms with Crippen LogP contribution in [0.4, 0.5) is 5.69 Å². The molecule has 4 nitrogen and oxygen atoms in total. The van der Waals surface area contributed by atoms with Gasteiger partial charge in [0.15, 0.2) is 11.5 Å². The van der Waals surface area contributed by atoms with Crippen LogP contribution in [0.1, 0.15) is 13.3 Å². The molecule has 0 spiro atoms. The molecule has 0 aliphatic carbocycles. The Labute approximate surface area is 102 Å². The van der Waals surface area contributed by atoms with Gasteiger partial charge in [-0.15, -0.1) is 0 Å². The van der Waals surface area contributed by atoms with Gasteiger partial charge in [-0.05, 0) is 32.0 Å². The van der Waals surface area contributed by atoms with Gasteiger partial charge in [-0.1, -0.05) is 0 Å². The number of fused-ring (bicyclic) bond motifs is 1. The van der Waals surface area contributed by atoms with Crippen molar-refractivity contribution in [3.8, 4) is 11.5 Å². The van der Waals surface area contributed by atoms with Crippen LogP contribution in [0.5, 0.6) is 11.5 Å². The Bertz CT molecular complexity index is 408. The molecule has 2 aliphatic heterocycles. The Balaban J connectivity index is 1.82. The van der Waals surface area contributed by atoms with Gasteiger partial charge in [-0.3, -0.25) is 0 Å². The van der Waals surface area contributed by atoms with Gasteiger partial charge < -0.3 is 19.7 Å². The number of nitrogens with one attached hydrogen (secondary N) is 1. The summed E-state index contributed by atoms with van der Waals surface area (Å²) in [6.45, 7) is 5.81. The van der Waals surface area contributed by atoms with Crippen LogP contribution in [-0.2, 0) is 0 Å². The minimum absolute atomic E-state index is 0.344. The molecular weight excluding hydrogens is 216 g/mol. The normalized spacial score (nSPS) is 23.6. The molecule has 1 aromatic rings. The zero-order valence-electron chi connectivity index (χ0n) is 10.1. The predicted molar refractivity (Wildman–Crippen MR) is 66.9 cm³/mol. The smallest absolute Gasteiger partial charge is 0.231 e. The first-order valence-electron chi connectivity index (χ1n) is 6.21. The van der Waals surface area contributed by atoms with Crippen molar-refractivity contribution < 1.29 is 9.47 Å². The number of hydrogen-bond donors (Lipinski definition) is 1. The lowest BCUT2D eigenvalue weighted by molar-refractivity contribution is 0.174. The first-order valence-corrected chi connectivity index (χ1v) is 6.21. The highest BCUT2D eigenvalue weighted by atomic mass is 16.7. The van der Waals surface area contributed by atoms with E-state index in [1.165, 1.54) is 12.1 Å². The molecule has 92 valence electrons. The fraction of sp³-hybridized carbons (Fsp3) is 0.538. The third kappa shape index (κ3) is 2.17. The molecule has 4 heteroatoms. The lowest BCUT2D eigenvalue weighted by Crippen LogP contribution is -2.35. The standard InChI is InChI=1S/C13H18N2O2/c1-10-8-15(6-2-5-14-10)11-3-4-12-13(7-11)17-9-16-12/h3-4,7,10,14H,2,5-6,8-9H2,1H3. The molecule has 1 fully saturated rings. The van der Waals surface area contributed by atoms with Gasteiger partial charge in [0.2, 0.25) is 6.79 Å². The lowest BCUT2D eigenvalue weighted by Gasteiger charge is -2.24. The molecule has 0 bridgehead atoms. The largest absolute Gasteiger partial charge is 0.454 e. The first-order chi connectivity index (χ1) is 8.33. The van der Waals surface area contributed by atoms with Gasteiger partial charge in [0.05, 0.1) is 0 Å². The highest BCUT2D eigenvalue weighted by Gasteiger charge is 2.18. The van der Waals surface area contributed by atoms with Crippen LogP contribution in [0.2, 0.25) is 0 Å². The van der Waals surface area contributed by atoms with Gasteiger partial charge in [0.1, 0.15) is 0 Å². The van der Waals surface area contributed by atoms with Crippen LogP contribution >= 0.6 is 0 Å². The van der Waals surface area contributed by atoms with Crippen molar-refractivity contribution in [1.29, 1.82) is 0 Å². The van der Waals surface area contributed by atoms with E-state index in [0.29, 0.717) is 12.8 Å². The Morgan fingerprint density at radius 3 is 3.12 bits per heavy atom. The van der Waals surface area contributed by atoms with E-state index in [-0.39, 0.29) is 0 Å². The van der Waals surface area contributed by atoms with Gasteiger partial charge in [0.25, 0.3) is 0 Å². The maximum Gasteiger partial charge on any atom is 0.231 e. The van der Waals surface area contributed by atoms with Crippen LogP contribution in [0.25, 0.3) is 0 Å². The van der Waals surface area contributed by atoms with Crippen molar-refractivity contribution in [1.82, 2.24) is 5.32 Å². The van der Waals surface area contributed by atoms with Crippen LogP contribution < -0.4 is 19.7 Å². The zero-order chi connectivity index (χ0) is 11.7. The van der Waals surface area contributed by atoms with Crippen molar-refractivity contribution in [3.63, 3.8) is 0 Å². The minimum atomic E-state index is 0.344. The van der Waals surface area contributed by atoms with Crippen molar-refractivity contribution >= 4 is 5.69 Å². The number of hydrogen-bond acceptors (Lipinski definition) is 4. The summed E-state index contributed by atoms with van der Waals surface area (Å²) >= 11 is 0. The molecule has 17 heavy (non-hydrogen) atoms. The molecule has 1 saturated heterocycles. The molecule has 1 atom stereocenters. The molecule has 0 aromatic heterocycles. The van der Waals surface area contributed by atoms with E-state index < -0.39 is 0 Å². The van der Waals surface area contributed by atoms with E-state index in [2.05, 4.69) is 29.3 Å². The molecule has 2 aliphatic rings. The Morgan fingerprint density at radius 2 is 2.18 bits per heavy atom. The molecule has 2 heterocycles. The second-order valence-corrected chi connectivity index (χ2v) is 4.69. The van der Waals surface area contributed by atoms with Gasteiger partial charge in [-0.25, -0.2) is 0 Å². The minimum Gasteiger partial charge on any atom is -0.454 e. The van der Waals surface area contributed by atoms with E-state index in [4.69, 9.17) is 9.47 Å². The van der Waals surface area contributed by atoms with Crippen LogP contribution in [0.15, 0.2) is 18.2 Å². The van der Waals surface area contributed by atoms with E-state index >= 15 is 0 Å². The third-order valence-electron chi connectivity index (χ3n) is 3.31. The summed E-state index contributed by atoms with van der Waals surface area (Å²) in [6, 6.07) is 6.73. The predicted octanol–water partition coefficient (Wildman–Crippen LogP) is 1.60. The molecule has 0 saturated carbocycles. The average Bonchev–Trinajstić information content (AvgIpc) is 2.69. The Hall–Kier alpha value is -1.42. The molecule has 1 aromatic carbocycles. The summed E-state index contributed by atoms with van der Waals surface area (Å²) in [4.78, 5) is 2.41. The fourth-order valence-corrected chi connectivity index (χ4v) is 2.42. The Morgan fingerprint density at radius 1 is 1.29 bits per heavy atom. The van der Waals surface area contributed by atoms with E-state index in [1.807, 2.05) is 6.07 Å². The van der Waals surface area contributed by atoms with Crippen LogP contribution in [-0.4, -0.2) is 32.5 Å². The van der Waals surface area contributed by atoms with Crippen molar-refractivity contribution in [3.05, 3.63) is 18.2 Å². The summed E-state index contributed by atoms with van der Waals surface area (Å²) in [7, 11) is 0. The maximum atomic E-state index is 5.42. The number of rotatable bonds is 1. The Kier molecular flexibility index (Phi) is 2.81. The zero-order valence-corrected chi connectivity index (χ0v) is 10.1. The first kappa shape index (κ1) is 10.7. The average molecular weight is 234 g/mol. The van der Waals surface area contributed by atoms with Crippen molar-refractivity contribution in [2.45, 2.75) is 19.4 Å². The second kappa shape index (κ2) is 4.45. The number of anilines is 1. The maximum absolute atomic E-state index is 5.42. The molecule has 0 radical (unpaired) electrons. The third-order valence-corrected chi connectivity index (χ3v) is 3.31. The summed E-state index contributed by atoms with van der Waals surface area (Å²) in [5.74, 6) is 1.72. The van der Waals surface area contributed by atoms with Gasteiger partial charge in [0, 0.05) is 30.9 Å². The quantitative estimate of drug-likeness (QED) is 0.800. The molecule has 0 amide bonds. The molecule has 1 N–H and O–H groups in total. The van der Waals surface area contributed by atoms with Crippen molar-refractivity contribution in [2.75, 3.05) is 31.3 Å². The molecular formula is C13H18N2O2. The molecule has 1 unspecified atom stereocenters. The number of nitrogens with zero attached hydrogens (tertiary/aromatic N) is 1. The van der Waals surface area contributed by atoms with E-state index in [0.717, 1.165) is 31.1 Å². The second-order valence-electron chi connectivity index (χ2n) is 4.69. The van der Waals surface area contributed by atoms with Crippen LogP contribution in [0.3, 0.4) is 0 Å². The number of benzene rings is 1. The topological polar surface area (TPSA) is 33.7 Å². The summed E-state index contributed by atoms with van der Waals surface area (Å²) in [5, 5.41) is 3.50.